The fourth-order valence-electron chi connectivity index (χ4n) is 2.96. The number of methoxy groups -OCH3 is 2. The van der Waals surface area contributed by atoms with Crippen LogP contribution in [0.4, 0.5) is 4.39 Å². The Labute approximate surface area is 168 Å². The van der Waals surface area contributed by atoms with E-state index in [9.17, 15) is 9.18 Å². The Bertz CT molecular complexity index is 986. The number of carbonyl (C=O) groups is 1. The van der Waals surface area contributed by atoms with Crippen LogP contribution in [0, 0.1) is 5.82 Å². The van der Waals surface area contributed by atoms with Crippen LogP contribution in [0.2, 0.25) is 0 Å². The Balaban J connectivity index is 1.58. The molecule has 2 aromatic carbocycles. The highest BCUT2D eigenvalue weighted by Gasteiger charge is 2.15. The molecule has 0 saturated carbocycles. The number of aryl methyl sites for hydroxylation is 1. The number of halogens is 1. The zero-order chi connectivity index (χ0) is 20.8. The standard InChI is InChI=1S/C22H23FN2O4/c1-25(14-15-8-9-18(27-2)19(12-15)28-3)22(26)11-10-21-24-13-20(29-21)16-6-4-5-7-17(16)23/h4-9,12-13H,10-11,14H2,1-3H3. The number of amides is 1. The summed E-state index contributed by atoms with van der Waals surface area (Å²) in [5.41, 5.74) is 1.28. The molecule has 7 heteroatoms. The number of benzene rings is 2. The number of nitrogens with zero attached hydrogens (tertiary/aromatic N) is 2. The molecule has 152 valence electrons. The van der Waals surface area contributed by atoms with Gasteiger partial charge in [0.15, 0.2) is 23.1 Å². The van der Waals surface area contributed by atoms with E-state index in [0.717, 1.165) is 5.56 Å². The van der Waals surface area contributed by atoms with Gasteiger partial charge in [-0.25, -0.2) is 9.37 Å². The quantitative estimate of drug-likeness (QED) is 0.572. The summed E-state index contributed by atoms with van der Waals surface area (Å²) >= 11 is 0. The van der Waals surface area contributed by atoms with Gasteiger partial charge in [0.05, 0.1) is 26.0 Å². The number of rotatable bonds is 8. The lowest BCUT2D eigenvalue weighted by atomic mass is 10.2. The molecule has 0 spiro atoms. The minimum absolute atomic E-state index is 0.0505. The fourth-order valence-corrected chi connectivity index (χ4v) is 2.96. The van der Waals surface area contributed by atoms with Crippen molar-refractivity contribution in [1.29, 1.82) is 0 Å². The summed E-state index contributed by atoms with van der Waals surface area (Å²) in [4.78, 5) is 18.3. The van der Waals surface area contributed by atoms with Crippen LogP contribution in [0.15, 0.2) is 53.1 Å². The largest absolute Gasteiger partial charge is 0.493 e. The Kier molecular flexibility index (Phi) is 6.49. The number of hydrogen-bond acceptors (Lipinski definition) is 5. The molecule has 6 nitrogen and oxygen atoms in total. The number of hydrogen-bond donors (Lipinski definition) is 0. The van der Waals surface area contributed by atoms with Gasteiger partial charge < -0.3 is 18.8 Å². The van der Waals surface area contributed by atoms with E-state index in [-0.39, 0.29) is 18.1 Å². The SMILES string of the molecule is COc1ccc(CN(C)C(=O)CCc2ncc(-c3ccccc3F)o2)cc1OC. The van der Waals surface area contributed by atoms with Gasteiger partial charge in [-0.2, -0.15) is 0 Å². The van der Waals surface area contributed by atoms with E-state index in [2.05, 4.69) is 4.98 Å². The van der Waals surface area contributed by atoms with Crippen LogP contribution in [-0.2, 0) is 17.8 Å². The molecule has 0 atom stereocenters. The smallest absolute Gasteiger partial charge is 0.223 e. The Morgan fingerprint density at radius 2 is 1.90 bits per heavy atom. The molecule has 1 heterocycles. The molecule has 29 heavy (non-hydrogen) atoms. The van der Waals surface area contributed by atoms with Gasteiger partial charge in [0, 0.05) is 26.4 Å². The van der Waals surface area contributed by atoms with Gasteiger partial charge >= 0.3 is 0 Å². The second-order valence-corrected chi connectivity index (χ2v) is 6.54. The van der Waals surface area contributed by atoms with Gasteiger partial charge in [0.2, 0.25) is 5.91 Å². The summed E-state index contributed by atoms with van der Waals surface area (Å²) in [6, 6.07) is 11.9. The molecular formula is C22H23FN2O4. The number of carbonyl (C=O) groups excluding carboxylic acids is 1. The zero-order valence-electron chi connectivity index (χ0n) is 16.6. The zero-order valence-corrected chi connectivity index (χ0v) is 16.6. The molecule has 3 aromatic rings. The van der Waals surface area contributed by atoms with Crippen molar-refractivity contribution in [3.05, 3.63) is 65.9 Å². The average Bonchev–Trinajstić information content (AvgIpc) is 3.20. The first-order valence-electron chi connectivity index (χ1n) is 9.16. The summed E-state index contributed by atoms with van der Waals surface area (Å²) in [7, 11) is 4.88. The molecule has 0 aliphatic carbocycles. The summed E-state index contributed by atoms with van der Waals surface area (Å²) in [5.74, 6) is 1.58. The van der Waals surface area contributed by atoms with Gasteiger partial charge in [-0.15, -0.1) is 0 Å². The third-order valence-electron chi connectivity index (χ3n) is 4.54. The van der Waals surface area contributed by atoms with E-state index in [1.165, 1.54) is 12.3 Å². The number of ether oxygens (including phenoxy) is 2. The molecule has 3 rings (SSSR count). The topological polar surface area (TPSA) is 64.8 Å². The van der Waals surface area contributed by atoms with Gasteiger partial charge in [-0.1, -0.05) is 18.2 Å². The van der Waals surface area contributed by atoms with Crippen molar-refractivity contribution < 1.29 is 23.1 Å². The molecule has 0 bridgehead atoms. The van der Waals surface area contributed by atoms with Crippen molar-refractivity contribution in [2.75, 3.05) is 21.3 Å². The molecular weight excluding hydrogens is 375 g/mol. The van der Waals surface area contributed by atoms with E-state index in [0.29, 0.717) is 41.7 Å². The van der Waals surface area contributed by atoms with Crippen molar-refractivity contribution in [3.63, 3.8) is 0 Å². The highest BCUT2D eigenvalue weighted by Crippen LogP contribution is 2.28. The lowest BCUT2D eigenvalue weighted by Gasteiger charge is -2.18. The first kappa shape index (κ1) is 20.4. The van der Waals surface area contributed by atoms with E-state index in [4.69, 9.17) is 13.9 Å². The first-order valence-corrected chi connectivity index (χ1v) is 9.16. The van der Waals surface area contributed by atoms with Gasteiger partial charge in [0.1, 0.15) is 5.82 Å². The van der Waals surface area contributed by atoms with Gasteiger partial charge in [-0.05, 0) is 29.8 Å². The first-order chi connectivity index (χ1) is 14.0. The second kappa shape index (κ2) is 9.23. The third kappa shape index (κ3) is 4.93. The predicted molar refractivity (Wildman–Crippen MR) is 106 cm³/mol. The predicted octanol–water partition coefficient (Wildman–Crippen LogP) is 4.09. The summed E-state index contributed by atoms with van der Waals surface area (Å²) in [6.45, 7) is 0.436. The Hall–Kier alpha value is -3.35. The Morgan fingerprint density at radius 3 is 2.62 bits per heavy atom. The lowest BCUT2D eigenvalue weighted by molar-refractivity contribution is -0.130. The van der Waals surface area contributed by atoms with E-state index in [1.54, 1.807) is 44.4 Å². The monoisotopic (exact) mass is 398 g/mol. The van der Waals surface area contributed by atoms with E-state index >= 15 is 0 Å². The third-order valence-corrected chi connectivity index (χ3v) is 4.54. The molecule has 0 aliphatic heterocycles. The van der Waals surface area contributed by atoms with Crippen LogP contribution < -0.4 is 9.47 Å². The van der Waals surface area contributed by atoms with E-state index in [1.807, 2.05) is 18.2 Å². The minimum atomic E-state index is -0.374. The van der Waals surface area contributed by atoms with Crippen molar-refractivity contribution >= 4 is 5.91 Å². The molecule has 0 fully saturated rings. The summed E-state index contributed by atoms with van der Waals surface area (Å²) in [5, 5.41) is 0. The fraction of sp³-hybridized carbons (Fsp3) is 0.273. The van der Waals surface area contributed by atoms with Crippen LogP contribution in [-0.4, -0.2) is 37.1 Å². The van der Waals surface area contributed by atoms with Gasteiger partial charge in [-0.3, -0.25) is 4.79 Å². The minimum Gasteiger partial charge on any atom is -0.493 e. The molecule has 0 radical (unpaired) electrons. The van der Waals surface area contributed by atoms with Crippen LogP contribution in [0.1, 0.15) is 17.9 Å². The molecule has 1 aromatic heterocycles. The summed E-state index contributed by atoms with van der Waals surface area (Å²) < 4.78 is 30.0. The highest BCUT2D eigenvalue weighted by atomic mass is 19.1. The molecule has 0 N–H and O–H groups in total. The summed E-state index contributed by atoms with van der Waals surface area (Å²) in [6.07, 6.45) is 2.05. The maximum absolute atomic E-state index is 13.8. The normalized spacial score (nSPS) is 10.6. The van der Waals surface area contributed by atoms with E-state index < -0.39 is 0 Å². The number of oxazole rings is 1. The van der Waals surface area contributed by atoms with Crippen LogP contribution in [0.3, 0.4) is 0 Å². The lowest BCUT2D eigenvalue weighted by Crippen LogP contribution is -2.26. The molecule has 1 amide bonds. The van der Waals surface area contributed by atoms with Gasteiger partial charge in [0.25, 0.3) is 0 Å². The van der Waals surface area contributed by atoms with Crippen LogP contribution in [0.25, 0.3) is 11.3 Å². The van der Waals surface area contributed by atoms with Crippen molar-refractivity contribution in [1.82, 2.24) is 9.88 Å². The van der Waals surface area contributed by atoms with Crippen LogP contribution in [0.5, 0.6) is 11.5 Å². The average molecular weight is 398 g/mol. The second-order valence-electron chi connectivity index (χ2n) is 6.54. The maximum Gasteiger partial charge on any atom is 0.223 e. The highest BCUT2D eigenvalue weighted by molar-refractivity contribution is 5.76. The number of aromatic nitrogens is 1. The van der Waals surface area contributed by atoms with Crippen LogP contribution >= 0.6 is 0 Å². The van der Waals surface area contributed by atoms with Crippen molar-refractivity contribution in [3.8, 4) is 22.8 Å². The van der Waals surface area contributed by atoms with Crippen molar-refractivity contribution in [2.24, 2.45) is 0 Å². The molecule has 0 saturated heterocycles. The molecule has 0 unspecified atom stereocenters. The van der Waals surface area contributed by atoms with Crippen molar-refractivity contribution in [2.45, 2.75) is 19.4 Å². The molecule has 0 aliphatic rings. The maximum atomic E-state index is 13.8. The Morgan fingerprint density at radius 1 is 1.14 bits per heavy atom.